The van der Waals surface area contributed by atoms with E-state index >= 15 is 0 Å². The average molecular weight is 334 g/mol. The lowest BCUT2D eigenvalue weighted by molar-refractivity contribution is 0.191. The van der Waals surface area contributed by atoms with Gasteiger partial charge in [0.15, 0.2) is 0 Å². The third-order valence-electron chi connectivity index (χ3n) is 4.19. The molecule has 0 saturated carbocycles. The number of phenols is 1. The molecule has 1 heterocycles. The number of aromatic hydroxyl groups is 1. The lowest BCUT2D eigenvalue weighted by Crippen LogP contribution is -2.00. The first-order chi connectivity index (χ1) is 11.8. The molecule has 1 N–H and O–H groups in total. The molecule has 3 heteroatoms. The number of thiophene rings is 1. The Morgan fingerprint density at radius 2 is 1.75 bits per heavy atom. The Bertz CT molecular complexity index is 861. The van der Waals surface area contributed by atoms with Gasteiger partial charge in [-0.25, -0.2) is 0 Å². The Balaban J connectivity index is 1.52. The summed E-state index contributed by atoms with van der Waals surface area (Å²) in [5.41, 5.74) is 3.72. The third-order valence-corrected chi connectivity index (χ3v) is 5.37. The summed E-state index contributed by atoms with van der Waals surface area (Å²) in [7, 11) is 0. The van der Waals surface area contributed by atoms with Crippen molar-refractivity contribution in [3.63, 3.8) is 0 Å². The Morgan fingerprint density at radius 3 is 2.54 bits per heavy atom. The highest BCUT2D eigenvalue weighted by Crippen LogP contribution is 2.37. The van der Waals surface area contributed by atoms with E-state index in [-0.39, 0.29) is 0 Å². The highest BCUT2D eigenvalue weighted by Gasteiger charge is 2.16. The summed E-state index contributed by atoms with van der Waals surface area (Å²) >= 11 is 1.78. The molecule has 120 valence electrons. The number of fused-ring (bicyclic) bond motifs is 1. The molecular weight excluding hydrogens is 316 g/mol. The third kappa shape index (κ3) is 3.22. The van der Waals surface area contributed by atoms with E-state index < -0.39 is 0 Å². The lowest BCUT2D eigenvalue weighted by Gasteiger charge is -2.14. The highest BCUT2D eigenvalue weighted by atomic mass is 32.1. The molecule has 0 aliphatic heterocycles. The normalized spacial score (nSPS) is 13.2. The van der Waals surface area contributed by atoms with E-state index in [1.165, 1.54) is 20.9 Å². The van der Waals surface area contributed by atoms with Crippen LogP contribution >= 0.6 is 11.3 Å². The number of hydrogen-bond acceptors (Lipinski definition) is 3. The maximum absolute atomic E-state index is 9.43. The van der Waals surface area contributed by atoms with E-state index in [0.29, 0.717) is 12.4 Å². The molecule has 1 aliphatic rings. The van der Waals surface area contributed by atoms with Crippen molar-refractivity contribution in [3.05, 3.63) is 82.4 Å². The minimum atomic E-state index is 0.302. The molecule has 0 radical (unpaired) electrons. The quantitative estimate of drug-likeness (QED) is 0.670. The summed E-state index contributed by atoms with van der Waals surface area (Å²) in [6.45, 7) is 0.623. The monoisotopic (exact) mass is 334 g/mol. The van der Waals surface area contributed by atoms with Gasteiger partial charge < -0.3 is 9.84 Å². The van der Waals surface area contributed by atoms with E-state index in [4.69, 9.17) is 4.74 Å². The van der Waals surface area contributed by atoms with Gasteiger partial charge in [-0.3, -0.25) is 0 Å². The molecule has 3 aromatic rings. The van der Waals surface area contributed by atoms with Gasteiger partial charge in [0, 0.05) is 16.2 Å². The van der Waals surface area contributed by atoms with Crippen LogP contribution in [-0.2, 0) is 17.8 Å². The summed E-state index contributed by atoms with van der Waals surface area (Å²) in [6.07, 6.45) is 4.15. The number of phenolic OH excluding ortho intramolecular Hbond substituents is 1. The fourth-order valence-electron chi connectivity index (χ4n) is 2.87. The van der Waals surface area contributed by atoms with Crippen LogP contribution in [0.3, 0.4) is 0 Å². The summed E-state index contributed by atoms with van der Waals surface area (Å²) in [5.74, 6) is 1.36. The Labute approximate surface area is 145 Å². The number of aryl methyl sites for hydroxylation is 1. The van der Waals surface area contributed by atoms with Gasteiger partial charge in [-0.05, 0) is 59.5 Å². The Kier molecular flexibility index (Phi) is 4.09. The highest BCUT2D eigenvalue weighted by molar-refractivity contribution is 7.16. The van der Waals surface area contributed by atoms with Crippen molar-refractivity contribution in [3.8, 4) is 16.2 Å². The van der Waals surface area contributed by atoms with E-state index in [0.717, 1.165) is 24.2 Å². The van der Waals surface area contributed by atoms with Crippen molar-refractivity contribution in [2.45, 2.75) is 19.4 Å². The van der Waals surface area contributed by atoms with E-state index in [9.17, 15) is 5.11 Å². The Hall–Kier alpha value is -2.52. The molecule has 0 spiro atoms. The zero-order valence-corrected chi connectivity index (χ0v) is 14.1. The number of ether oxygens (including phenoxy) is 1. The summed E-state index contributed by atoms with van der Waals surface area (Å²) in [5, 5.41) is 9.43. The van der Waals surface area contributed by atoms with E-state index in [2.05, 4.69) is 24.3 Å². The van der Waals surface area contributed by atoms with Gasteiger partial charge >= 0.3 is 0 Å². The van der Waals surface area contributed by atoms with Crippen molar-refractivity contribution in [1.82, 2.24) is 0 Å². The predicted molar refractivity (Wildman–Crippen MR) is 98.9 cm³/mol. The number of benzene rings is 2. The summed E-state index contributed by atoms with van der Waals surface area (Å²) in [6, 6.07) is 19.9. The zero-order chi connectivity index (χ0) is 16.4. The van der Waals surface area contributed by atoms with Crippen LogP contribution in [0.15, 0.2) is 66.4 Å². The molecule has 0 amide bonds. The second kappa shape index (κ2) is 6.54. The average Bonchev–Trinajstić information content (AvgIpc) is 3.05. The first kappa shape index (κ1) is 15.0. The van der Waals surface area contributed by atoms with Crippen LogP contribution in [0.2, 0.25) is 0 Å². The maximum atomic E-state index is 9.43. The number of allylic oxidation sites excluding steroid dienone is 1. The fraction of sp³-hybridized carbons (Fsp3) is 0.143. The van der Waals surface area contributed by atoms with Gasteiger partial charge in [-0.15, -0.1) is 11.3 Å². The predicted octanol–water partition coefficient (Wildman–Crippen LogP) is 5.62. The second-order valence-corrected chi connectivity index (χ2v) is 7.02. The molecule has 0 bridgehead atoms. The first-order valence-corrected chi connectivity index (χ1v) is 8.89. The number of rotatable bonds is 4. The maximum Gasteiger partial charge on any atom is 0.115 e. The van der Waals surface area contributed by atoms with Crippen molar-refractivity contribution in [2.24, 2.45) is 0 Å². The van der Waals surface area contributed by atoms with Gasteiger partial charge in [0.1, 0.15) is 12.4 Å². The Morgan fingerprint density at radius 1 is 0.958 bits per heavy atom. The summed E-state index contributed by atoms with van der Waals surface area (Å²) < 4.78 is 5.99. The van der Waals surface area contributed by atoms with Crippen LogP contribution in [0.1, 0.15) is 22.4 Å². The standard InChI is InChI=1S/C21H18O2S/c22-18-9-6-16(7-10-18)20-12-17-8-11-19(13-21(17)24-20)23-14-15-4-2-1-3-5-15/h1-7,9-10,12-13,22H,8,11,14H2. The molecule has 0 fully saturated rings. The van der Waals surface area contributed by atoms with Crippen molar-refractivity contribution in [1.29, 1.82) is 0 Å². The molecule has 0 unspecified atom stereocenters. The molecule has 2 aromatic carbocycles. The molecule has 1 aliphatic carbocycles. The van der Waals surface area contributed by atoms with Crippen LogP contribution in [0.4, 0.5) is 0 Å². The SMILES string of the molecule is Oc1ccc(-c2cc3c(s2)C=C(OCc2ccccc2)CC3)cc1. The van der Waals surface area contributed by atoms with Crippen LogP contribution in [0, 0.1) is 0 Å². The minimum absolute atomic E-state index is 0.302. The van der Waals surface area contributed by atoms with Gasteiger partial charge in [-0.2, -0.15) is 0 Å². The van der Waals surface area contributed by atoms with Gasteiger partial charge in [0.2, 0.25) is 0 Å². The van der Waals surface area contributed by atoms with Crippen molar-refractivity contribution < 1.29 is 9.84 Å². The van der Waals surface area contributed by atoms with Gasteiger partial charge in [0.05, 0.1) is 5.76 Å². The lowest BCUT2D eigenvalue weighted by atomic mass is 10.0. The molecule has 1 aromatic heterocycles. The van der Waals surface area contributed by atoms with Crippen LogP contribution in [0.5, 0.6) is 5.75 Å². The minimum Gasteiger partial charge on any atom is -0.508 e. The molecular formula is C21H18O2S. The van der Waals surface area contributed by atoms with E-state index in [1.54, 1.807) is 23.5 Å². The molecule has 0 saturated heterocycles. The van der Waals surface area contributed by atoms with Crippen molar-refractivity contribution in [2.75, 3.05) is 0 Å². The summed E-state index contributed by atoms with van der Waals surface area (Å²) in [4.78, 5) is 2.52. The fourth-order valence-corrected chi connectivity index (χ4v) is 4.04. The van der Waals surface area contributed by atoms with Crippen LogP contribution < -0.4 is 0 Å². The van der Waals surface area contributed by atoms with Crippen LogP contribution in [0.25, 0.3) is 16.5 Å². The zero-order valence-electron chi connectivity index (χ0n) is 13.2. The van der Waals surface area contributed by atoms with Gasteiger partial charge in [0.25, 0.3) is 0 Å². The topological polar surface area (TPSA) is 29.5 Å². The molecule has 4 rings (SSSR count). The van der Waals surface area contributed by atoms with E-state index in [1.807, 2.05) is 30.3 Å². The van der Waals surface area contributed by atoms with Crippen LogP contribution in [-0.4, -0.2) is 5.11 Å². The van der Waals surface area contributed by atoms with Crippen molar-refractivity contribution >= 4 is 17.4 Å². The largest absolute Gasteiger partial charge is 0.508 e. The van der Waals surface area contributed by atoms with Gasteiger partial charge in [-0.1, -0.05) is 30.3 Å². The molecule has 2 nitrogen and oxygen atoms in total. The molecule has 24 heavy (non-hydrogen) atoms. The number of hydrogen-bond donors (Lipinski definition) is 1. The first-order valence-electron chi connectivity index (χ1n) is 8.07. The second-order valence-electron chi connectivity index (χ2n) is 5.93. The smallest absolute Gasteiger partial charge is 0.115 e. The molecule has 0 atom stereocenters.